The molecule has 1 aliphatic rings. The maximum Gasteiger partial charge on any atom is 0.0281 e. The first-order chi connectivity index (χ1) is 8.18. The number of hydrogen-bond donors (Lipinski definition) is 1. The lowest BCUT2D eigenvalue weighted by Crippen LogP contribution is -2.43. The van der Waals surface area contributed by atoms with Crippen LogP contribution in [0.25, 0.3) is 0 Å². The van der Waals surface area contributed by atoms with Crippen LogP contribution in [0.2, 0.25) is 0 Å². The van der Waals surface area contributed by atoms with E-state index >= 15 is 0 Å². The Labute approximate surface area is 113 Å². The van der Waals surface area contributed by atoms with Crippen molar-refractivity contribution in [2.75, 3.05) is 19.3 Å². The lowest BCUT2D eigenvalue weighted by Gasteiger charge is -2.40. The van der Waals surface area contributed by atoms with Gasteiger partial charge >= 0.3 is 0 Å². The minimum Gasteiger partial charge on any atom is -0.315 e. The number of hydrogen-bond acceptors (Lipinski definition) is 2. The van der Waals surface area contributed by atoms with Gasteiger partial charge in [0.05, 0.1) is 0 Å². The molecule has 0 heterocycles. The summed E-state index contributed by atoms with van der Waals surface area (Å²) in [6.45, 7) is 7.11. The van der Waals surface area contributed by atoms with Crippen molar-refractivity contribution in [3.8, 4) is 0 Å². The second-order valence-electron chi connectivity index (χ2n) is 6.01. The van der Waals surface area contributed by atoms with Crippen LogP contribution < -0.4 is 5.32 Å². The van der Waals surface area contributed by atoms with Gasteiger partial charge in [-0.3, -0.25) is 0 Å². The van der Waals surface area contributed by atoms with E-state index in [4.69, 9.17) is 0 Å². The van der Waals surface area contributed by atoms with Gasteiger partial charge in [-0.1, -0.05) is 46.0 Å². The summed E-state index contributed by atoms with van der Waals surface area (Å²) in [5.74, 6) is 0.883. The van der Waals surface area contributed by atoms with Gasteiger partial charge in [0, 0.05) is 11.3 Å². The van der Waals surface area contributed by atoms with Crippen molar-refractivity contribution in [1.82, 2.24) is 5.32 Å². The van der Waals surface area contributed by atoms with Crippen LogP contribution in [0.15, 0.2) is 0 Å². The fourth-order valence-corrected chi connectivity index (χ4v) is 3.44. The second kappa shape index (κ2) is 8.42. The largest absolute Gasteiger partial charge is 0.315 e. The Balaban J connectivity index is 1.84. The third-order valence-corrected chi connectivity index (χ3v) is 5.45. The van der Waals surface area contributed by atoms with Crippen molar-refractivity contribution in [3.05, 3.63) is 0 Å². The average Bonchev–Trinajstić information content (AvgIpc) is 2.24. The summed E-state index contributed by atoms with van der Waals surface area (Å²) in [5.41, 5.74) is 0. The number of nitrogens with one attached hydrogen (secondary N) is 1. The van der Waals surface area contributed by atoms with Crippen LogP contribution in [-0.2, 0) is 0 Å². The van der Waals surface area contributed by atoms with Crippen LogP contribution in [0.3, 0.4) is 0 Å². The smallest absolute Gasteiger partial charge is 0.0281 e. The third kappa shape index (κ3) is 6.15. The maximum atomic E-state index is 3.66. The van der Waals surface area contributed by atoms with Crippen molar-refractivity contribution < 1.29 is 0 Å². The summed E-state index contributed by atoms with van der Waals surface area (Å²) >= 11 is 2.07. The second-order valence-corrected chi connectivity index (χ2v) is 7.29. The van der Waals surface area contributed by atoms with Gasteiger partial charge in [-0.05, 0) is 38.0 Å². The predicted molar refractivity (Wildman–Crippen MR) is 80.9 cm³/mol. The van der Waals surface area contributed by atoms with Crippen LogP contribution in [0.4, 0.5) is 0 Å². The summed E-state index contributed by atoms with van der Waals surface area (Å²) in [7, 11) is 0. The lowest BCUT2D eigenvalue weighted by molar-refractivity contribution is 0.344. The van der Waals surface area contributed by atoms with Gasteiger partial charge < -0.3 is 5.32 Å². The summed E-state index contributed by atoms with van der Waals surface area (Å²) in [6, 6.07) is 0. The maximum absolute atomic E-state index is 3.66. The van der Waals surface area contributed by atoms with Gasteiger partial charge in [0.1, 0.15) is 0 Å². The number of thioether (sulfide) groups is 1. The summed E-state index contributed by atoms with van der Waals surface area (Å²) < 4.78 is 0.609. The molecule has 0 amide bonds. The molecule has 1 saturated carbocycles. The van der Waals surface area contributed by atoms with Gasteiger partial charge in [0.15, 0.2) is 0 Å². The topological polar surface area (TPSA) is 12.0 Å². The zero-order valence-corrected chi connectivity index (χ0v) is 12.9. The molecule has 0 radical (unpaired) electrons. The molecule has 17 heavy (non-hydrogen) atoms. The summed E-state index contributed by atoms with van der Waals surface area (Å²) in [5, 5.41) is 3.66. The van der Waals surface area contributed by atoms with Crippen molar-refractivity contribution >= 4 is 11.8 Å². The van der Waals surface area contributed by atoms with Gasteiger partial charge in [0.25, 0.3) is 0 Å². The molecule has 1 nitrogen and oxygen atoms in total. The fourth-order valence-electron chi connectivity index (χ4n) is 2.50. The highest BCUT2D eigenvalue weighted by Gasteiger charge is 2.35. The molecule has 1 N–H and O–H groups in total. The highest BCUT2D eigenvalue weighted by molar-refractivity contribution is 8.00. The number of unbranched alkanes of at least 4 members (excludes halogenated alkanes) is 3. The van der Waals surface area contributed by atoms with E-state index in [9.17, 15) is 0 Å². The van der Waals surface area contributed by atoms with Crippen molar-refractivity contribution in [2.24, 2.45) is 5.92 Å². The van der Waals surface area contributed by atoms with Crippen molar-refractivity contribution in [2.45, 2.75) is 70.0 Å². The molecular weight excluding hydrogens is 226 g/mol. The van der Waals surface area contributed by atoms with E-state index in [1.165, 1.54) is 64.5 Å². The van der Waals surface area contributed by atoms with E-state index in [1.54, 1.807) is 0 Å². The van der Waals surface area contributed by atoms with E-state index in [0.717, 1.165) is 5.92 Å². The number of rotatable bonds is 10. The zero-order chi connectivity index (χ0) is 12.6. The van der Waals surface area contributed by atoms with Gasteiger partial charge in [-0.15, -0.1) is 0 Å². The monoisotopic (exact) mass is 257 g/mol. The highest BCUT2D eigenvalue weighted by atomic mass is 32.2. The molecule has 0 bridgehead atoms. The molecule has 2 heteroatoms. The normalized spacial score (nSPS) is 18.4. The molecule has 0 spiro atoms. The van der Waals surface area contributed by atoms with Gasteiger partial charge in [0.2, 0.25) is 0 Å². The van der Waals surface area contributed by atoms with E-state index in [2.05, 4.69) is 37.2 Å². The Kier molecular flexibility index (Phi) is 7.61. The van der Waals surface area contributed by atoms with E-state index < -0.39 is 0 Å². The molecule has 0 atom stereocenters. The zero-order valence-electron chi connectivity index (χ0n) is 12.1. The molecular formula is C15H31NS. The first kappa shape index (κ1) is 15.4. The van der Waals surface area contributed by atoms with Crippen LogP contribution in [0, 0.1) is 5.92 Å². The molecule has 1 fully saturated rings. The average molecular weight is 257 g/mol. The summed E-state index contributed by atoms with van der Waals surface area (Å²) in [6.07, 6.45) is 13.6. The third-order valence-electron chi connectivity index (χ3n) is 4.03. The Morgan fingerprint density at radius 3 is 2.35 bits per heavy atom. The molecule has 0 aromatic carbocycles. The van der Waals surface area contributed by atoms with Crippen LogP contribution in [0.5, 0.6) is 0 Å². The summed E-state index contributed by atoms with van der Waals surface area (Å²) in [4.78, 5) is 0. The van der Waals surface area contributed by atoms with E-state index in [0.29, 0.717) is 4.75 Å². The Morgan fingerprint density at radius 2 is 1.82 bits per heavy atom. The lowest BCUT2D eigenvalue weighted by atomic mass is 9.84. The minimum atomic E-state index is 0.609. The van der Waals surface area contributed by atoms with Crippen LogP contribution in [-0.4, -0.2) is 24.1 Å². The van der Waals surface area contributed by atoms with E-state index in [1.807, 2.05) is 0 Å². The minimum absolute atomic E-state index is 0.609. The molecule has 0 unspecified atom stereocenters. The van der Waals surface area contributed by atoms with Crippen LogP contribution in [0.1, 0.15) is 65.2 Å². The Hall–Kier alpha value is 0.310. The molecule has 102 valence electrons. The standard InChI is InChI=1S/C15H31NS/c1-14(2)9-6-4-5-7-12-16-13-15(17-3)10-8-11-15/h14,16H,4-13H2,1-3H3. The Morgan fingerprint density at radius 1 is 1.12 bits per heavy atom. The molecule has 0 aromatic heterocycles. The van der Waals surface area contributed by atoms with Crippen LogP contribution >= 0.6 is 11.8 Å². The quantitative estimate of drug-likeness (QED) is 0.580. The van der Waals surface area contributed by atoms with Crippen molar-refractivity contribution in [3.63, 3.8) is 0 Å². The molecule has 0 aliphatic heterocycles. The van der Waals surface area contributed by atoms with Gasteiger partial charge in [-0.25, -0.2) is 0 Å². The van der Waals surface area contributed by atoms with Gasteiger partial charge in [-0.2, -0.15) is 11.8 Å². The Bertz CT molecular complexity index is 182. The molecule has 0 saturated heterocycles. The first-order valence-corrected chi connectivity index (χ1v) is 8.67. The fraction of sp³-hybridized carbons (Fsp3) is 1.00. The highest BCUT2D eigenvalue weighted by Crippen LogP contribution is 2.42. The SMILES string of the molecule is CSC1(CNCCCCCCC(C)C)CCC1. The first-order valence-electron chi connectivity index (χ1n) is 7.44. The van der Waals surface area contributed by atoms with Crippen molar-refractivity contribution in [1.29, 1.82) is 0 Å². The molecule has 0 aromatic rings. The van der Waals surface area contributed by atoms with E-state index in [-0.39, 0.29) is 0 Å². The molecule has 1 aliphatic carbocycles. The predicted octanol–water partition coefficient (Wildman–Crippen LogP) is 4.47. The molecule has 1 rings (SSSR count).